The number of hydrogen-bond acceptors (Lipinski definition) is 2. The minimum absolute atomic E-state index is 0.108. The highest BCUT2D eigenvalue weighted by Gasteiger charge is 2.11. The average Bonchev–Trinajstić information content (AvgIpc) is 2.81. The summed E-state index contributed by atoms with van der Waals surface area (Å²) >= 11 is 0. The molecule has 2 rings (SSSR count). The number of carbonyl (C=O) groups is 1. The van der Waals surface area contributed by atoms with Crippen LogP contribution in [0.3, 0.4) is 0 Å². The summed E-state index contributed by atoms with van der Waals surface area (Å²) in [6.45, 7) is 4.07. The minimum Gasteiger partial charge on any atom is -0.493 e. The Hall–Kier alpha value is -1.71. The van der Waals surface area contributed by atoms with Gasteiger partial charge in [-0.2, -0.15) is 0 Å². The largest absolute Gasteiger partial charge is 0.493 e. The normalized spacial score (nSPS) is 12.8. The second-order valence-corrected chi connectivity index (χ2v) is 4.15. The fourth-order valence-electron chi connectivity index (χ4n) is 1.83. The van der Waals surface area contributed by atoms with Crippen LogP contribution in [-0.2, 0) is 13.0 Å². The molecule has 0 atom stereocenters. The van der Waals surface area contributed by atoms with Crippen molar-refractivity contribution in [3.8, 4) is 5.75 Å². The Kier molecular flexibility index (Phi) is 3.85. The van der Waals surface area contributed by atoms with E-state index in [2.05, 4.69) is 16.7 Å². The predicted molar refractivity (Wildman–Crippen MR) is 66.2 cm³/mol. The molecule has 1 aliphatic heterocycles. The number of benzene rings is 1. The molecule has 0 spiro atoms. The van der Waals surface area contributed by atoms with Crippen LogP contribution >= 0.6 is 0 Å². The molecular weight excluding hydrogens is 216 g/mol. The van der Waals surface area contributed by atoms with Crippen molar-refractivity contribution in [3.05, 3.63) is 29.3 Å². The quantitative estimate of drug-likeness (QED) is 0.835. The topological polar surface area (TPSA) is 50.4 Å². The van der Waals surface area contributed by atoms with E-state index in [9.17, 15) is 4.79 Å². The van der Waals surface area contributed by atoms with Gasteiger partial charge >= 0.3 is 6.03 Å². The number of hydrogen-bond donors (Lipinski definition) is 2. The highest BCUT2D eigenvalue weighted by Crippen LogP contribution is 2.25. The smallest absolute Gasteiger partial charge is 0.315 e. The molecule has 4 heteroatoms. The van der Waals surface area contributed by atoms with Gasteiger partial charge in [-0.1, -0.05) is 19.1 Å². The van der Waals surface area contributed by atoms with Gasteiger partial charge in [0.15, 0.2) is 0 Å². The number of rotatable bonds is 4. The number of carbonyl (C=O) groups excluding carboxylic acids is 1. The zero-order valence-electron chi connectivity index (χ0n) is 10.1. The molecule has 92 valence electrons. The Morgan fingerprint density at radius 2 is 2.29 bits per heavy atom. The highest BCUT2D eigenvalue weighted by molar-refractivity contribution is 5.73. The van der Waals surface area contributed by atoms with Gasteiger partial charge < -0.3 is 15.4 Å². The van der Waals surface area contributed by atoms with Crippen LogP contribution in [0.4, 0.5) is 4.79 Å². The Bertz CT molecular complexity index is 404. The summed E-state index contributed by atoms with van der Waals surface area (Å²) in [7, 11) is 0. The van der Waals surface area contributed by atoms with E-state index in [1.165, 1.54) is 5.56 Å². The monoisotopic (exact) mass is 234 g/mol. The van der Waals surface area contributed by atoms with Crippen LogP contribution in [-0.4, -0.2) is 19.2 Å². The van der Waals surface area contributed by atoms with Gasteiger partial charge in [0.1, 0.15) is 5.75 Å². The van der Waals surface area contributed by atoms with Crippen molar-refractivity contribution < 1.29 is 9.53 Å². The lowest BCUT2D eigenvalue weighted by molar-refractivity contribution is 0.240. The van der Waals surface area contributed by atoms with Crippen molar-refractivity contribution in [2.75, 3.05) is 13.2 Å². The third-order valence-corrected chi connectivity index (χ3v) is 2.74. The average molecular weight is 234 g/mol. The molecule has 4 nitrogen and oxygen atoms in total. The number of fused-ring (bicyclic) bond motifs is 1. The lowest BCUT2D eigenvalue weighted by Gasteiger charge is -2.07. The maximum absolute atomic E-state index is 11.4. The summed E-state index contributed by atoms with van der Waals surface area (Å²) < 4.78 is 5.43. The van der Waals surface area contributed by atoms with Crippen molar-refractivity contribution in [1.82, 2.24) is 10.6 Å². The minimum atomic E-state index is -0.108. The maximum Gasteiger partial charge on any atom is 0.315 e. The van der Waals surface area contributed by atoms with E-state index in [4.69, 9.17) is 4.74 Å². The van der Waals surface area contributed by atoms with Crippen LogP contribution in [0.1, 0.15) is 24.5 Å². The van der Waals surface area contributed by atoms with Gasteiger partial charge in [0.25, 0.3) is 0 Å². The molecule has 0 radical (unpaired) electrons. The molecule has 1 aliphatic rings. The zero-order valence-corrected chi connectivity index (χ0v) is 10.1. The van der Waals surface area contributed by atoms with Gasteiger partial charge in [0.2, 0.25) is 0 Å². The van der Waals surface area contributed by atoms with Gasteiger partial charge in [0, 0.05) is 19.5 Å². The first-order chi connectivity index (χ1) is 8.29. The third kappa shape index (κ3) is 3.12. The van der Waals surface area contributed by atoms with Crippen molar-refractivity contribution >= 4 is 6.03 Å². The zero-order chi connectivity index (χ0) is 12.1. The molecule has 0 aromatic heterocycles. The Morgan fingerprint density at radius 3 is 3.12 bits per heavy atom. The predicted octanol–water partition coefficient (Wildman–Crippen LogP) is 1.83. The molecule has 0 saturated heterocycles. The molecule has 0 bridgehead atoms. The standard InChI is InChI=1S/C13H18N2O2/c1-2-6-14-13(16)15-9-10-3-4-12-11(8-10)5-7-17-12/h3-4,8H,2,5-7,9H2,1H3,(H2,14,15,16). The van der Waals surface area contributed by atoms with Gasteiger partial charge in [-0.3, -0.25) is 0 Å². The van der Waals surface area contributed by atoms with E-state index >= 15 is 0 Å². The summed E-state index contributed by atoms with van der Waals surface area (Å²) in [6.07, 6.45) is 1.91. The van der Waals surface area contributed by atoms with Gasteiger partial charge in [-0.15, -0.1) is 0 Å². The first-order valence-corrected chi connectivity index (χ1v) is 6.06. The van der Waals surface area contributed by atoms with Crippen molar-refractivity contribution in [2.24, 2.45) is 0 Å². The highest BCUT2D eigenvalue weighted by atomic mass is 16.5. The van der Waals surface area contributed by atoms with Crippen molar-refractivity contribution in [3.63, 3.8) is 0 Å². The van der Waals surface area contributed by atoms with Crippen LogP contribution in [0, 0.1) is 0 Å². The molecular formula is C13H18N2O2. The van der Waals surface area contributed by atoms with E-state index < -0.39 is 0 Å². The van der Waals surface area contributed by atoms with E-state index in [1.54, 1.807) is 0 Å². The first-order valence-electron chi connectivity index (χ1n) is 6.06. The summed E-state index contributed by atoms with van der Waals surface area (Å²) in [5.41, 5.74) is 2.35. The maximum atomic E-state index is 11.4. The summed E-state index contributed by atoms with van der Waals surface area (Å²) in [5.74, 6) is 0.976. The molecule has 1 heterocycles. The van der Waals surface area contributed by atoms with Gasteiger partial charge in [0.05, 0.1) is 6.61 Å². The Morgan fingerprint density at radius 1 is 1.41 bits per heavy atom. The van der Waals surface area contributed by atoms with Crippen molar-refractivity contribution in [2.45, 2.75) is 26.3 Å². The molecule has 0 saturated carbocycles. The Labute approximate surface area is 101 Å². The summed E-state index contributed by atoms with van der Waals surface area (Å²) in [5, 5.41) is 5.61. The molecule has 0 fully saturated rings. The number of nitrogens with one attached hydrogen (secondary N) is 2. The van der Waals surface area contributed by atoms with Gasteiger partial charge in [-0.25, -0.2) is 4.79 Å². The molecule has 0 aliphatic carbocycles. The van der Waals surface area contributed by atoms with E-state index in [-0.39, 0.29) is 6.03 Å². The van der Waals surface area contributed by atoms with E-state index in [0.717, 1.165) is 30.8 Å². The molecule has 17 heavy (non-hydrogen) atoms. The molecule has 2 amide bonds. The second-order valence-electron chi connectivity index (χ2n) is 4.15. The summed E-state index contributed by atoms with van der Waals surface area (Å²) in [6, 6.07) is 5.96. The van der Waals surface area contributed by atoms with Crippen LogP contribution in [0.15, 0.2) is 18.2 Å². The Balaban J connectivity index is 1.85. The lowest BCUT2D eigenvalue weighted by atomic mass is 10.1. The SMILES string of the molecule is CCCNC(=O)NCc1ccc2c(c1)CCO2. The van der Waals surface area contributed by atoms with Crippen LogP contribution in [0.2, 0.25) is 0 Å². The number of urea groups is 1. The fraction of sp³-hybridized carbons (Fsp3) is 0.462. The van der Waals surface area contributed by atoms with Gasteiger partial charge in [-0.05, 0) is 23.6 Å². The lowest BCUT2D eigenvalue weighted by Crippen LogP contribution is -2.35. The molecule has 1 aromatic rings. The third-order valence-electron chi connectivity index (χ3n) is 2.74. The van der Waals surface area contributed by atoms with Crippen LogP contribution in [0.25, 0.3) is 0 Å². The first kappa shape index (κ1) is 11.8. The fourth-order valence-corrected chi connectivity index (χ4v) is 1.83. The molecule has 2 N–H and O–H groups in total. The molecule has 1 aromatic carbocycles. The van der Waals surface area contributed by atoms with E-state index in [1.807, 2.05) is 19.1 Å². The number of ether oxygens (including phenoxy) is 1. The van der Waals surface area contributed by atoms with Crippen LogP contribution < -0.4 is 15.4 Å². The van der Waals surface area contributed by atoms with Crippen molar-refractivity contribution in [1.29, 1.82) is 0 Å². The van der Waals surface area contributed by atoms with E-state index in [0.29, 0.717) is 13.1 Å². The summed E-state index contributed by atoms with van der Waals surface area (Å²) in [4.78, 5) is 11.4. The molecule has 0 unspecified atom stereocenters. The second kappa shape index (κ2) is 5.57. The van der Waals surface area contributed by atoms with Crippen LogP contribution in [0.5, 0.6) is 5.75 Å². The number of amides is 2.